The summed E-state index contributed by atoms with van der Waals surface area (Å²) in [6, 6.07) is 7.89. The fourth-order valence-electron chi connectivity index (χ4n) is 1.87. The Kier molecular flexibility index (Phi) is 3.99. The molecule has 18 heavy (non-hydrogen) atoms. The molecule has 0 spiro atoms. The molecule has 1 aromatic heterocycles. The van der Waals surface area contributed by atoms with Crippen molar-refractivity contribution in [3.63, 3.8) is 0 Å². The average Bonchev–Trinajstić information content (AvgIpc) is 2.75. The zero-order valence-corrected chi connectivity index (χ0v) is 10.8. The second-order valence-corrected chi connectivity index (χ2v) is 4.45. The third kappa shape index (κ3) is 3.11. The highest BCUT2D eigenvalue weighted by Gasteiger charge is 2.07. The number of hydrogen-bond acceptors (Lipinski definition) is 3. The number of benzene rings is 1. The zero-order valence-electron chi connectivity index (χ0n) is 10.8. The smallest absolute Gasteiger partial charge is 0.124 e. The van der Waals surface area contributed by atoms with Gasteiger partial charge in [-0.15, -0.1) is 0 Å². The number of ether oxygens (including phenoxy) is 1. The highest BCUT2D eigenvalue weighted by atomic mass is 16.5. The van der Waals surface area contributed by atoms with E-state index in [0.29, 0.717) is 6.61 Å². The third-order valence-corrected chi connectivity index (χ3v) is 2.82. The molecule has 4 nitrogen and oxygen atoms in total. The van der Waals surface area contributed by atoms with Crippen LogP contribution < -0.4 is 10.5 Å². The van der Waals surface area contributed by atoms with Gasteiger partial charge in [0.15, 0.2) is 0 Å². The average molecular weight is 245 g/mol. The molecule has 96 valence electrons. The molecule has 1 aromatic carbocycles. The molecule has 0 radical (unpaired) electrons. The van der Waals surface area contributed by atoms with Crippen LogP contribution in [0.4, 0.5) is 0 Å². The zero-order chi connectivity index (χ0) is 13.0. The SMILES string of the molecule is C[C@@H](N)c1ccccc1OCCc1cnn(C)c1. The summed E-state index contributed by atoms with van der Waals surface area (Å²) in [4.78, 5) is 0. The van der Waals surface area contributed by atoms with Crippen molar-refractivity contribution >= 4 is 0 Å². The Labute approximate surface area is 107 Å². The van der Waals surface area contributed by atoms with Gasteiger partial charge >= 0.3 is 0 Å². The monoisotopic (exact) mass is 245 g/mol. The summed E-state index contributed by atoms with van der Waals surface area (Å²) in [6.07, 6.45) is 4.71. The van der Waals surface area contributed by atoms with Crippen molar-refractivity contribution in [2.24, 2.45) is 12.8 Å². The van der Waals surface area contributed by atoms with Crippen LogP contribution in [0.15, 0.2) is 36.7 Å². The molecule has 0 bridgehead atoms. The molecule has 0 aliphatic carbocycles. The van der Waals surface area contributed by atoms with Crippen molar-refractivity contribution in [1.29, 1.82) is 0 Å². The van der Waals surface area contributed by atoms with Gasteiger partial charge in [-0.25, -0.2) is 0 Å². The van der Waals surface area contributed by atoms with Gasteiger partial charge in [-0.2, -0.15) is 5.10 Å². The fraction of sp³-hybridized carbons (Fsp3) is 0.357. The molecule has 0 aliphatic heterocycles. The highest BCUT2D eigenvalue weighted by Crippen LogP contribution is 2.23. The van der Waals surface area contributed by atoms with Gasteiger partial charge in [0.25, 0.3) is 0 Å². The summed E-state index contributed by atoms with van der Waals surface area (Å²) in [7, 11) is 1.91. The van der Waals surface area contributed by atoms with Crippen LogP contribution >= 0.6 is 0 Å². The van der Waals surface area contributed by atoms with Crippen molar-refractivity contribution in [2.75, 3.05) is 6.61 Å². The summed E-state index contributed by atoms with van der Waals surface area (Å²) >= 11 is 0. The van der Waals surface area contributed by atoms with Crippen LogP contribution in [-0.2, 0) is 13.5 Å². The van der Waals surface area contributed by atoms with Crippen LogP contribution in [0, 0.1) is 0 Å². The van der Waals surface area contributed by atoms with E-state index in [1.807, 2.05) is 50.6 Å². The number of hydrogen-bond donors (Lipinski definition) is 1. The minimum absolute atomic E-state index is 0.0143. The van der Waals surface area contributed by atoms with Crippen molar-refractivity contribution in [3.8, 4) is 5.75 Å². The topological polar surface area (TPSA) is 53.1 Å². The summed E-state index contributed by atoms with van der Waals surface area (Å²) < 4.78 is 7.59. The lowest BCUT2D eigenvalue weighted by molar-refractivity contribution is 0.317. The van der Waals surface area contributed by atoms with Gasteiger partial charge in [0.2, 0.25) is 0 Å². The first kappa shape index (κ1) is 12.6. The lowest BCUT2D eigenvalue weighted by Crippen LogP contribution is -2.09. The van der Waals surface area contributed by atoms with Gasteiger partial charge in [-0.1, -0.05) is 18.2 Å². The molecular formula is C14H19N3O. The lowest BCUT2D eigenvalue weighted by Gasteiger charge is -2.13. The van der Waals surface area contributed by atoms with Gasteiger partial charge in [-0.3, -0.25) is 4.68 Å². The molecule has 1 atom stereocenters. The van der Waals surface area contributed by atoms with Gasteiger partial charge in [0, 0.05) is 31.3 Å². The van der Waals surface area contributed by atoms with E-state index in [2.05, 4.69) is 5.10 Å². The van der Waals surface area contributed by atoms with E-state index >= 15 is 0 Å². The van der Waals surface area contributed by atoms with E-state index in [0.717, 1.165) is 17.7 Å². The number of aryl methyl sites for hydroxylation is 1. The van der Waals surface area contributed by atoms with Crippen molar-refractivity contribution in [1.82, 2.24) is 9.78 Å². The summed E-state index contributed by atoms with van der Waals surface area (Å²) in [5.41, 5.74) is 8.13. The maximum atomic E-state index is 5.91. The van der Waals surface area contributed by atoms with Crippen molar-refractivity contribution < 1.29 is 4.74 Å². The Hall–Kier alpha value is -1.81. The van der Waals surface area contributed by atoms with Crippen molar-refractivity contribution in [3.05, 3.63) is 47.8 Å². The Morgan fingerprint density at radius 3 is 2.83 bits per heavy atom. The van der Waals surface area contributed by atoms with Gasteiger partial charge in [0.1, 0.15) is 5.75 Å². The second kappa shape index (κ2) is 5.69. The van der Waals surface area contributed by atoms with Gasteiger partial charge in [-0.05, 0) is 18.6 Å². The van der Waals surface area contributed by atoms with Crippen LogP contribution in [0.1, 0.15) is 24.1 Å². The molecule has 0 fully saturated rings. The maximum Gasteiger partial charge on any atom is 0.124 e. The Bertz CT molecular complexity index is 505. The normalized spacial score (nSPS) is 12.4. The standard InChI is InChI=1S/C14H19N3O/c1-11(15)13-5-3-4-6-14(13)18-8-7-12-9-16-17(2)10-12/h3-6,9-11H,7-8,15H2,1-2H3/t11-/m1/s1. The quantitative estimate of drug-likeness (QED) is 0.877. The van der Waals surface area contributed by atoms with Crippen LogP contribution in [0.2, 0.25) is 0 Å². The second-order valence-electron chi connectivity index (χ2n) is 4.45. The van der Waals surface area contributed by atoms with E-state index in [4.69, 9.17) is 10.5 Å². The predicted octanol–water partition coefficient (Wildman–Crippen LogP) is 2.06. The third-order valence-electron chi connectivity index (χ3n) is 2.82. The first-order valence-corrected chi connectivity index (χ1v) is 6.11. The highest BCUT2D eigenvalue weighted by molar-refractivity contribution is 5.35. The Balaban J connectivity index is 1.94. The van der Waals surface area contributed by atoms with Crippen LogP contribution in [0.25, 0.3) is 0 Å². The molecule has 0 amide bonds. The minimum atomic E-state index is -0.0143. The molecule has 2 aromatic rings. The molecule has 1 heterocycles. The molecule has 0 aliphatic rings. The number of rotatable bonds is 5. The molecular weight excluding hydrogens is 226 g/mol. The van der Waals surface area contributed by atoms with Gasteiger partial charge < -0.3 is 10.5 Å². The van der Waals surface area contributed by atoms with E-state index in [1.165, 1.54) is 5.56 Å². The largest absolute Gasteiger partial charge is 0.493 e. The Morgan fingerprint density at radius 2 is 2.17 bits per heavy atom. The molecule has 0 saturated heterocycles. The number of aromatic nitrogens is 2. The molecule has 4 heteroatoms. The molecule has 0 unspecified atom stereocenters. The summed E-state index contributed by atoms with van der Waals surface area (Å²) in [5, 5.41) is 4.13. The molecule has 2 N–H and O–H groups in total. The van der Waals surface area contributed by atoms with E-state index < -0.39 is 0 Å². The van der Waals surface area contributed by atoms with Gasteiger partial charge in [0.05, 0.1) is 12.8 Å². The lowest BCUT2D eigenvalue weighted by atomic mass is 10.1. The van der Waals surface area contributed by atoms with Crippen LogP contribution in [-0.4, -0.2) is 16.4 Å². The van der Waals surface area contributed by atoms with E-state index in [1.54, 1.807) is 4.68 Å². The summed E-state index contributed by atoms with van der Waals surface area (Å²) in [5.74, 6) is 0.872. The number of para-hydroxylation sites is 1. The molecule has 2 rings (SSSR count). The maximum absolute atomic E-state index is 5.91. The van der Waals surface area contributed by atoms with E-state index in [-0.39, 0.29) is 6.04 Å². The van der Waals surface area contributed by atoms with Crippen molar-refractivity contribution in [2.45, 2.75) is 19.4 Å². The predicted molar refractivity (Wildman–Crippen MR) is 71.5 cm³/mol. The fourth-order valence-corrected chi connectivity index (χ4v) is 1.87. The first-order valence-electron chi connectivity index (χ1n) is 6.11. The number of nitrogens with zero attached hydrogens (tertiary/aromatic N) is 2. The minimum Gasteiger partial charge on any atom is -0.493 e. The first-order chi connectivity index (χ1) is 8.66. The van der Waals surface area contributed by atoms with E-state index in [9.17, 15) is 0 Å². The Morgan fingerprint density at radius 1 is 1.39 bits per heavy atom. The number of nitrogens with two attached hydrogens (primary N) is 1. The van der Waals surface area contributed by atoms with Crippen LogP contribution in [0.3, 0.4) is 0 Å². The molecule has 0 saturated carbocycles. The van der Waals surface area contributed by atoms with Crippen LogP contribution in [0.5, 0.6) is 5.75 Å². The summed E-state index contributed by atoms with van der Waals surface area (Å²) in [6.45, 7) is 2.60.